The quantitative estimate of drug-likeness (QED) is 0.210. The van der Waals surface area contributed by atoms with Gasteiger partial charge in [0.05, 0.1) is 23.1 Å². The fourth-order valence-corrected chi connectivity index (χ4v) is 5.31. The van der Waals surface area contributed by atoms with Gasteiger partial charge in [-0.25, -0.2) is 4.39 Å². The Balaban J connectivity index is 1.38. The smallest absolute Gasteiger partial charge is 0.293 e. The third-order valence-corrected chi connectivity index (χ3v) is 7.20. The van der Waals surface area contributed by atoms with Crippen LogP contribution in [0, 0.1) is 5.82 Å². The highest BCUT2D eigenvalue weighted by Crippen LogP contribution is 2.40. The second kappa shape index (κ2) is 11.3. The summed E-state index contributed by atoms with van der Waals surface area (Å²) in [5.74, 6) is 0.0454. The summed E-state index contributed by atoms with van der Waals surface area (Å²) in [5, 5.41) is 2.15. The lowest BCUT2D eigenvalue weighted by atomic mass is 10.1. The summed E-state index contributed by atoms with van der Waals surface area (Å²) in [6.45, 7) is 2.60. The van der Waals surface area contributed by atoms with E-state index >= 15 is 0 Å². The summed E-state index contributed by atoms with van der Waals surface area (Å²) in [5.41, 5.74) is 2.27. The average molecular weight is 548 g/mol. The van der Waals surface area contributed by atoms with E-state index < -0.39 is 11.1 Å². The lowest BCUT2D eigenvalue weighted by Gasteiger charge is -2.15. The fraction of sp³-hybridized carbons (Fsp3) is 0.133. The molecule has 0 saturated carbocycles. The molecule has 1 aliphatic rings. The first-order valence-corrected chi connectivity index (χ1v) is 13.2. The molecule has 5 rings (SSSR count). The van der Waals surface area contributed by atoms with Crippen molar-refractivity contribution >= 4 is 51.4 Å². The molecule has 8 heteroatoms. The molecule has 1 fully saturated rings. The minimum atomic E-state index is -0.422. The van der Waals surface area contributed by atoms with Crippen LogP contribution in [0.2, 0.25) is 5.02 Å². The van der Waals surface area contributed by atoms with Crippen LogP contribution < -0.4 is 9.47 Å². The van der Waals surface area contributed by atoms with E-state index in [0.29, 0.717) is 40.9 Å². The number of imide groups is 1. The topological polar surface area (TPSA) is 55.8 Å². The van der Waals surface area contributed by atoms with E-state index in [-0.39, 0.29) is 17.3 Å². The Bertz CT molecular complexity index is 1550. The van der Waals surface area contributed by atoms with Gasteiger partial charge in [0.1, 0.15) is 12.4 Å². The van der Waals surface area contributed by atoms with Gasteiger partial charge in [-0.05, 0) is 76.5 Å². The van der Waals surface area contributed by atoms with Crippen LogP contribution in [0.1, 0.15) is 23.6 Å². The van der Waals surface area contributed by atoms with Gasteiger partial charge in [0.25, 0.3) is 11.1 Å². The number of carbonyl (C=O) groups is 2. The molecular weight excluding hydrogens is 525 g/mol. The highest BCUT2D eigenvalue weighted by molar-refractivity contribution is 8.18. The van der Waals surface area contributed by atoms with Gasteiger partial charge >= 0.3 is 0 Å². The number of amides is 2. The number of hydrogen-bond acceptors (Lipinski definition) is 5. The number of hydrogen-bond donors (Lipinski definition) is 0. The molecule has 0 bridgehead atoms. The first-order valence-electron chi connectivity index (χ1n) is 12.0. The number of ether oxygens (including phenoxy) is 2. The van der Waals surface area contributed by atoms with E-state index in [4.69, 9.17) is 21.1 Å². The Labute approximate surface area is 228 Å². The van der Waals surface area contributed by atoms with Crippen molar-refractivity contribution in [1.82, 2.24) is 4.90 Å². The van der Waals surface area contributed by atoms with Gasteiger partial charge < -0.3 is 9.47 Å². The number of fused-ring (bicyclic) bond motifs is 1. The maximum atomic E-state index is 13.2. The van der Waals surface area contributed by atoms with Gasteiger partial charge in [-0.3, -0.25) is 14.5 Å². The molecule has 0 unspecified atom stereocenters. The minimum Gasteiger partial charge on any atom is -0.490 e. The van der Waals surface area contributed by atoms with Gasteiger partial charge in [-0.1, -0.05) is 66.2 Å². The zero-order valence-corrected chi connectivity index (χ0v) is 22.0. The monoisotopic (exact) mass is 547 g/mol. The maximum absolute atomic E-state index is 13.2. The zero-order valence-electron chi connectivity index (χ0n) is 20.4. The van der Waals surface area contributed by atoms with Crippen molar-refractivity contribution in [2.45, 2.75) is 20.1 Å². The Morgan fingerprint density at radius 3 is 2.53 bits per heavy atom. The second-order valence-electron chi connectivity index (χ2n) is 8.58. The molecule has 0 aliphatic carbocycles. The molecular formula is C30H23ClFNO4S. The highest BCUT2D eigenvalue weighted by Gasteiger charge is 2.35. The summed E-state index contributed by atoms with van der Waals surface area (Å²) < 4.78 is 25.2. The van der Waals surface area contributed by atoms with Crippen molar-refractivity contribution in [3.8, 4) is 11.5 Å². The van der Waals surface area contributed by atoms with Crippen LogP contribution in [0.25, 0.3) is 16.8 Å². The maximum Gasteiger partial charge on any atom is 0.293 e. The SMILES string of the molecule is CCOc1cc(/C=C2\SC(=O)N(Cc3ccc(F)cc3)C2=O)cc(Cl)c1OCc1cccc2ccccc12. The van der Waals surface area contributed by atoms with E-state index in [9.17, 15) is 14.0 Å². The van der Waals surface area contributed by atoms with Crippen LogP contribution in [0.3, 0.4) is 0 Å². The first-order chi connectivity index (χ1) is 18.4. The van der Waals surface area contributed by atoms with E-state index in [1.807, 2.05) is 49.4 Å². The summed E-state index contributed by atoms with van der Waals surface area (Å²) in [6.07, 6.45) is 1.61. The van der Waals surface area contributed by atoms with Gasteiger partial charge in [0.15, 0.2) is 11.5 Å². The van der Waals surface area contributed by atoms with Crippen molar-refractivity contribution in [2.24, 2.45) is 0 Å². The number of nitrogens with zero attached hydrogens (tertiary/aromatic N) is 1. The molecule has 1 aliphatic heterocycles. The molecule has 0 atom stereocenters. The molecule has 0 aromatic heterocycles. The van der Waals surface area contributed by atoms with Gasteiger partial charge in [0.2, 0.25) is 0 Å². The molecule has 0 radical (unpaired) electrons. The lowest BCUT2D eigenvalue weighted by molar-refractivity contribution is -0.123. The van der Waals surface area contributed by atoms with Crippen LogP contribution in [-0.2, 0) is 17.9 Å². The Kier molecular flexibility index (Phi) is 7.67. The van der Waals surface area contributed by atoms with Crippen molar-refractivity contribution < 1.29 is 23.5 Å². The predicted molar refractivity (Wildman–Crippen MR) is 149 cm³/mol. The second-order valence-corrected chi connectivity index (χ2v) is 9.98. The number of benzene rings is 4. The summed E-state index contributed by atoms with van der Waals surface area (Å²) in [6, 6.07) is 23.2. The third kappa shape index (κ3) is 5.54. The van der Waals surface area contributed by atoms with Crippen molar-refractivity contribution in [2.75, 3.05) is 6.61 Å². The van der Waals surface area contributed by atoms with Gasteiger partial charge in [-0.2, -0.15) is 0 Å². The number of thioether (sulfide) groups is 1. The molecule has 0 N–H and O–H groups in total. The normalized spacial score (nSPS) is 14.5. The van der Waals surface area contributed by atoms with Crippen molar-refractivity contribution in [3.63, 3.8) is 0 Å². The number of halogens is 2. The lowest BCUT2D eigenvalue weighted by Crippen LogP contribution is -2.27. The average Bonchev–Trinajstić information content (AvgIpc) is 3.17. The summed E-state index contributed by atoms with van der Waals surface area (Å²) in [7, 11) is 0. The van der Waals surface area contributed by atoms with Crippen LogP contribution in [0.5, 0.6) is 11.5 Å². The number of rotatable bonds is 8. The Hall–Kier alpha value is -3.81. The molecule has 5 nitrogen and oxygen atoms in total. The Morgan fingerprint density at radius 1 is 0.974 bits per heavy atom. The van der Waals surface area contributed by atoms with E-state index in [2.05, 4.69) is 0 Å². The van der Waals surface area contributed by atoms with E-state index in [1.165, 1.54) is 12.1 Å². The van der Waals surface area contributed by atoms with Gasteiger partial charge in [0, 0.05) is 0 Å². The molecule has 38 heavy (non-hydrogen) atoms. The number of carbonyl (C=O) groups excluding carboxylic acids is 2. The molecule has 1 heterocycles. The van der Waals surface area contributed by atoms with E-state index in [0.717, 1.165) is 33.0 Å². The molecule has 4 aromatic carbocycles. The summed E-state index contributed by atoms with van der Waals surface area (Å²) in [4.78, 5) is 26.9. The molecule has 2 amide bonds. The van der Waals surface area contributed by atoms with Crippen molar-refractivity contribution in [3.05, 3.63) is 111 Å². The van der Waals surface area contributed by atoms with Crippen LogP contribution >= 0.6 is 23.4 Å². The van der Waals surface area contributed by atoms with Gasteiger partial charge in [-0.15, -0.1) is 0 Å². The fourth-order valence-electron chi connectivity index (χ4n) is 4.20. The van der Waals surface area contributed by atoms with Crippen molar-refractivity contribution in [1.29, 1.82) is 0 Å². The molecule has 1 saturated heterocycles. The molecule has 4 aromatic rings. The first kappa shape index (κ1) is 25.8. The Morgan fingerprint density at radius 2 is 1.74 bits per heavy atom. The van der Waals surface area contributed by atoms with Crippen LogP contribution in [0.4, 0.5) is 9.18 Å². The highest BCUT2D eigenvalue weighted by atomic mass is 35.5. The standard InChI is InChI=1S/C30H23ClFNO4S/c1-2-36-26-15-20(16-27-29(34)33(30(35)38-27)17-19-10-12-23(32)13-11-19)14-25(31)28(26)37-18-22-8-5-7-21-6-3-4-9-24(21)22/h3-16H,2,17-18H2,1H3/b27-16-. The summed E-state index contributed by atoms with van der Waals surface area (Å²) >= 11 is 7.47. The van der Waals surface area contributed by atoms with Crippen LogP contribution in [-0.4, -0.2) is 22.7 Å². The predicted octanol–water partition coefficient (Wildman–Crippen LogP) is 7.85. The van der Waals surface area contributed by atoms with Crippen LogP contribution in [0.15, 0.2) is 83.8 Å². The molecule has 192 valence electrons. The minimum absolute atomic E-state index is 0.0637. The zero-order chi connectivity index (χ0) is 26.6. The molecule has 0 spiro atoms. The third-order valence-electron chi connectivity index (χ3n) is 6.01. The van der Waals surface area contributed by atoms with E-state index in [1.54, 1.807) is 30.3 Å². The largest absolute Gasteiger partial charge is 0.490 e.